The summed E-state index contributed by atoms with van der Waals surface area (Å²) in [5.74, 6) is -1.08. The molecule has 2 rings (SSSR count). The molecule has 0 bridgehead atoms. The lowest BCUT2D eigenvalue weighted by molar-refractivity contribution is -0.128. The third-order valence-corrected chi connectivity index (χ3v) is 2.55. The van der Waals surface area contributed by atoms with Gasteiger partial charge in [0.2, 0.25) is 5.06 Å². The molecule has 0 amide bonds. The molecule has 1 heterocycles. The topological polar surface area (TPSA) is 52.1 Å². The van der Waals surface area contributed by atoms with E-state index >= 15 is 0 Å². The molecule has 1 aromatic heterocycles. The van der Waals surface area contributed by atoms with Gasteiger partial charge in [0.25, 0.3) is 0 Å². The second-order valence-electron chi connectivity index (χ2n) is 3.01. The molecule has 6 heteroatoms. The van der Waals surface area contributed by atoms with Gasteiger partial charge in [0.1, 0.15) is 5.82 Å². The van der Waals surface area contributed by atoms with Gasteiger partial charge in [-0.05, 0) is 12.1 Å². The van der Waals surface area contributed by atoms with Gasteiger partial charge in [-0.15, -0.1) is 5.10 Å². The minimum Gasteiger partial charge on any atom is -0.408 e. The molecule has 2 aromatic rings. The number of hydrogen-bond acceptors (Lipinski definition) is 5. The van der Waals surface area contributed by atoms with Crippen molar-refractivity contribution in [2.24, 2.45) is 0 Å². The van der Waals surface area contributed by atoms with Crippen LogP contribution in [0.5, 0.6) is 5.06 Å². The number of aromatic nitrogens is 2. The highest BCUT2D eigenvalue weighted by atomic mass is 32.1. The van der Waals surface area contributed by atoms with Crippen LogP contribution in [0.1, 0.15) is 0 Å². The Morgan fingerprint density at radius 1 is 1.47 bits per heavy atom. The fraction of sp³-hybridized carbons (Fsp3) is 0. The molecule has 0 radical (unpaired) electrons. The molecule has 0 aliphatic heterocycles. The van der Waals surface area contributed by atoms with E-state index in [-0.39, 0.29) is 16.3 Å². The monoisotopic (exact) mass is 250 g/mol. The highest BCUT2D eigenvalue weighted by Crippen LogP contribution is 2.32. The van der Waals surface area contributed by atoms with Crippen LogP contribution in [0, 0.1) is 5.82 Å². The van der Waals surface area contributed by atoms with Gasteiger partial charge in [0.15, 0.2) is 5.69 Å². The van der Waals surface area contributed by atoms with Crippen molar-refractivity contribution < 1.29 is 13.9 Å². The van der Waals surface area contributed by atoms with Crippen LogP contribution in [-0.2, 0) is 4.79 Å². The van der Waals surface area contributed by atoms with Crippen molar-refractivity contribution in [1.29, 1.82) is 0 Å². The molecule has 0 atom stereocenters. The predicted molar refractivity (Wildman–Crippen MR) is 61.1 cm³/mol. The van der Waals surface area contributed by atoms with Crippen LogP contribution >= 0.6 is 11.5 Å². The van der Waals surface area contributed by atoms with Gasteiger partial charge in [-0.1, -0.05) is 23.2 Å². The van der Waals surface area contributed by atoms with Gasteiger partial charge in [0.05, 0.1) is 0 Å². The molecule has 1 aromatic carbocycles. The largest absolute Gasteiger partial charge is 0.408 e. The van der Waals surface area contributed by atoms with Crippen LogP contribution < -0.4 is 4.74 Å². The Hall–Kier alpha value is -2.08. The van der Waals surface area contributed by atoms with Crippen molar-refractivity contribution in [3.8, 4) is 16.3 Å². The molecule has 4 nitrogen and oxygen atoms in total. The lowest BCUT2D eigenvalue weighted by Gasteiger charge is -2.01. The first-order valence-electron chi connectivity index (χ1n) is 4.64. The summed E-state index contributed by atoms with van der Waals surface area (Å²) in [6.45, 7) is 3.28. The maximum atomic E-state index is 13.5. The van der Waals surface area contributed by atoms with E-state index in [1.807, 2.05) is 0 Å². The van der Waals surface area contributed by atoms with E-state index < -0.39 is 11.8 Å². The van der Waals surface area contributed by atoms with Crippen LogP contribution in [0.4, 0.5) is 4.39 Å². The summed E-state index contributed by atoms with van der Waals surface area (Å²) >= 11 is 0.878. The number of carbonyl (C=O) groups excluding carboxylic acids is 1. The first-order chi connectivity index (χ1) is 8.22. The molecule has 0 aliphatic carbocycles. The quantitative estimate of drug-likeness (QED) is 0.620. The normalized spacial score (nSPS) is 9.94. The average Bonchev–Trinajstić information content (AvgIpc) is 2.77. The molecular formula is C11H7FN2O2S. The Labute approximate surface area is 101 Å². The smallest absolute Gasteiger partial charge is 0.336 e. The van der Waals surface area contributed by atoms with Crippen molar-refractivity contribution in [2.75, 3.05) is 0 Å². The number of rotatable bonds is 3. The van der Waals surface area contributed by atoms with Crippen molar-refractivity contribution in [3.05, 3.63) is 42.7 Å². The number of halogens is 1. The summed E-state index contributed by atoms with van der Waals surface area (Å²) < 4.78 is 22.1. The SMILES string of the molecule is C=CC(=O)Oc1snnc1-c1ccccc1F. The zero-order valence-electron chi connectivity index (χ0n) is 8.59. The summed E-state index contributed by atoms with van der Waals surface area (Å²) in [6.07, 6.45) is 1.02. The number of benzene rings is 1. The molecular weight excluding hydrogens is 243 g/mol. The van der Waals surface area contributed by atoms with Gasteiger partial charge in [0, 0.05) is 23.2 Å². The summed E-state index contributed by atoms with van der Waals surface area (Å²) in [7, 11) is 0. The van der Waals surface area contributed by atoms with Crippen molar-refractivity contribution in [3.63, 3.8) is 0 Å². The van der Waals surface area contributed by atoms with Crippen LogP contribution in [0.3, 0.4) is 0 Å². The maximum absolute atomic E-state index is 13.5. The molecule has 86 valence electrons. The number of hydrogen-bond donors (Lipinski definition) is 0. The van der Waals surface area contributed by atoms with E-state index in [1.54, 1.807) is 12.1 Å². The highest BCUT2D eigenvalue weighted by molar-refractivity contribution is 7.08. The molecule has 17 heavy (non-hydrogen) atoms. The van der Waals surface area contributed by atoms with E-state index in [1.165, 1.54) is 12.1 Å². The average molecular weight is 250 g/mol. The van der Waals surface area contributed by atoms with Crippen molar-refractivity contribution >= 4 is 17.5 Å². The predicted octanol–water partition coefficient (Wildman–Crippen LogP) is 2.44. The van der Waals surface area contributed by atoms with Gasteiger partial charge in [-0.25, -0.2) is 9.18 Å². The Bertz CT molecular complexity index is 568. The third kappa shape index (κ3) is 2.36. The van der Waals surface area contributed by atoms with Gasteiger partial charge in [-0.3, -0.25) is 0 Å². The van der Waals surface area contributed by atoms with E-state index in [4.69, 9.17) is 4.74 Å². The van der Waals surface area contributed by atoms with E-state index in [2.05, 4.69) is 16.2 Å². The number of ether oxygens (including phenoxy) is 1. The first-order valence-corrected chi connectivity index (χ1v) is 5.41. The van der Waals surface area contributed by atoms with Crippen molar-refractivity contribution in [1.82, 2.24) is 9.59 Å². The molecule has 0 saturated carbocycles. The molecule has 0 N–H and O–H groups in total. The lowest BCUT2D eigenvalue weighted by Crippen LogP contribution is -2.02. The summed E-state index contributed by atoms with van der Waals surface area (Å²) in [5.41, 5.74) is 0.455. The fourth-order valence-corrected chi connectivity index (χ4v) is 1.75. The number of carbonyl (C=O) groups is 1. The summed E-state index contributed by atoms with van der Waals surface area (Å²) in [4.78, 5) is 11.1. The molecule has 0 spiro atoms. The van der Waals surface area contributed by atoms with Gasteiger partial charge >= 0.3 is 5.97 Å². The molecule has 0 aliphatic rings. The van der Waals surface area contributed by atoms with Crippen LogP contribution in [0.2, 0.25) is 0 Å². The Kier molecular flexibility index (Phi) is 3.24. The van der Waals surface area contributed by atoms with E-state index in [0.717, 1.165) is 17.6 Å². The third-order valence-electron chi connectivity index (χ3n) is 1.95. The molecule has 0 unspecified atom stereocenters. The van der Waals surface area contributed by atoms with Crippen molar-refractivity contribution in [2.45, 2.75) is 0 Å². The zero-order chi connectivity index (χ0) is 12.3. The minimum atomic E-state index is -0.631. The van der Waals surface area contributed by atoms with E-state index in [9.17, 15) is 9.18 Å². The zero-order valence-corrected chi connectivity index (χ0v) is 9.41. The summed E-state index contributed by atoms with van der Waals surface area (Å²) in [6, 6.07) is 6.07. The number of nitrogens with zero attached hydrogens (tertiary/aromatic N) is 2. The Morgan fingerprint density at radius 3 is 2.94 bits per heavy atom. The van der Waals surface area contributed by atoms with Crippen LogP contribution in [0.25, 0.3) is 11.3 Å². The highest BCUT2D eigenvalue weighted by Gasteiger charge is 2.16. The van der Waals surface area contributed by atoms with Gasteiger partial charge in [-0.2, -0.15) is 0 Å². The Balaban J connectivity index is 2.40. The van der Waals surface area contributed by atoms with Crippen LogP contribution in [0.15, 0.2) is 36.9 Å². The maximum Gasteiger partial charge on any atom is 0.336 e. The van der Waals surface area contributed by atoms with Crippen LogP contribution in [-0.4, -0.2) is 15.6 Å². The van der Waals surface area contributed by atoms with E-state index in [0.29, 0.717) is 0 Å². The summed E-state index contributed by atoms with van der Waals surface area (Å²) in [5, 5.41) is 3.90. The first kappa shape index (κ1) is 11.4. The van der Waals surface area contributed by atoms with Gasteiger partial charge < -0.3 is 4.74 Å². The number of esters is 1. The molecule has 0 fully saturated rings. The molecule has 0 saturated heterocycles. The minimum absolute atomic E-state index is 0.153. The second-order valence-corrected chi connectivity index (χ2v) is 3.73. The second kappa shape index (κ2) is 4.84. The standard InChI is InChI=1S/C11H7FN2O2S/c1-2-9(15)16-11-10(13-14-17-11)7-5-3-4-6-8(7)12/h2-6H,1H2. The Morgan fingerprint density at radius 2 is 2.24 bits per heavy atom. The lowest BCUT2D eigenvalue weighted by atomic mass is 10.1. The fourth-order valence-electron chi connectivity index (χ4n) is 1.20.